The van der Waals surface area contributed by atoms with Crippen molar-refractivity contribution < 1.29 is 9.47 Å². The summed E-state index contributed by atoms with van der Waals surface area (Å²) >= 11 is 1.68. The molecule has 0 aliphatic carbocycles. The summed E-state index contributed by atoms with van der Waals surface area (Å²) in [5, 5.41) is 5.50. The number of benzene rings is 2. The van der Waals surface area contributed by atoms with Gasteiger partial charge in [-0.15, -0.1) is 11.3 Å². The molecule has 0 spiro atoms. The SMILES string of the molecule is COc1ccc2c(c1)c(-c1csc(-c3cn(C)c4cc(OC)ccc34)n1)c(C)n2C. The molecule has 0 aliphatic rings. The number of rotatable bonds is 4. The molecule has 0 fully saturated rings. The van der Waals surface area contributed by atoms with Crippen LogP contribution in [0.3, 0.4) is 0 Å². The zero-order valence-electron chi connectivity index (χ0n) is 17.7. The van der Waals surface area contributed by atoms with E-state index >= 15 is 0 Å². The number of ether oxygens (including phenoxy) is 2. The first-order valence-corrected chi connectivity index (χ1v) is 10.6. The molecule has 0 radical (unpaired) electrons. The molecule has 0 unspecified atom stereocenters. The minimum Gasteiger partial charge on any atom is -0.497 e. The van der Waals surface area contributed by atoms with Crippen molar-refractivity contribution in [2.75, 3.05) is 14.2 Å². The van der Waals surface area contributed by atoms with Crippen LogP contribution in [-0.4, -0.2) is 28.3 Å². The number of hydrogen-bond acceptors (Lipinski definition) is 4. The van der Waals surface area contributed by atoms with Crippen molar-refractivity contribution in [1.29, 1.82) is 0 Å². The van der Waals surface area contributed by atoms with Crippen LogP contribution >= 0.6 is 11.3 Å². The fourth-order valence-electron chi connectivity index (χ4n) is 4.17. The highest BCUT2D eigenvalue weighted by Gasteiger charge is 2.19. The normalized spacial score (nSPS) is 11.5. The number of methoxy groups -OCH3 is 2. The first kappa shape index (κ1) is 18.8. The van der Waals surface area contributed by atoms with Crippen molar-refractivity contribution in [2.24, 2.45) is 14.1 Å². The number of aromatic nitrogens is 3. The van der Waals surface area contributed by atoms with E-state index < -0.39 is 0 Å². The van der Waals surface area contributed by atoms with Gasteiger partial charge in [-0.2, -0.15) is 0 Å². The molecule has 152 valence electrons. The monoisotopic (exact) mass is 417 g/mol. The van der Waals surface area contributed by atoms with Crippen molar-refractivity contribution in [3.8, 4) is 33.3 Å². The van der Waals surface area contributed by atoms with E-state index in [1.165, 1.54) is 16.6 Å². The third-order valence-electron chi connectivity index (χ3n) is 5.89. The number of thiazole rings is 1. The van der Waals surface area contributed by atoms with Gasteiger partial charge < -0.3 is 18.6 Å². The van der Waals surface area contributed by atoms with Crippen LogP contribution in [0, 0.1) is 6.92 Å². The smallest absolute Gasteiger partial charge is 0.126 e. The van der Waals surface area contributed by atoms with E-state index in [2.05, 4.69) is 66.0 Å². The average molecular weight is 418 g/mol. The second-order valence-electron chi connectivity index (χ2n) is 7.48. The number of aryl methyl sites for hydroxylation is 2. The van der Waals surface area contributed by atoms with Crippen LogP contribution in [0.2, 0.25) is 0 Å². The van der Waals surface area contributed by atoms with Gasteiger partial charge >= 0.3 is 0 Å². The Balaban J connectivity index is 1.67. The van der Waals surface area contributed by atoms with Gasteiger partial charge in [-0.25, -0.2) is 4.98 Å². The van der Waals surface area contributed by atoms with Gasteiger partial charge in [-0.05, 0) is 37.3 Å². The highest BCUT2D eigenvalue weighted by molar-refractivity contribution is 7.13. The number of fused-ring (bicyclic) bond motifs is 2. The zero-order chi connectivity index (χ0) is 21.0. The number of nitrogens with zero attached hydrogens (tertiary/aromatic N) is 3. The first-order chi connectivity index (χ1) is 14.5. The Morgan fingerprint density at radius 1 is 0.900 bits per heavy atom. The average Bonchev–Trinajstić information content (AvgIpc) is 3.43. The molecule has 6 heteroatoms. The summed E-state index contributed by atoms with van der Waals surface area (Å²) in [6.07, 6.45) is 2.14. The predicted molar refractivity (Wildman–Crippen MR) is 124 cm³/mol. The first-order valence-electron chi connectivity index (χ1n) is 9.74. The van der Waals surface area contributed by atoms with Gasteiger partial charge in [-0.1, -0.05) is 0 Å². The maximum Gasteiger partial charge on any atom is 0.126 e. The summed E-state index contributed by atoms with van der Waals surface area (Å²) in [4.78, 5) is 5.06. The lowest BCUT2D eigenvalue weighted by atomic mass is 10.1. The van der Waals surface area contributed by atoms with Gasteiger partial charge in [0.2, 0.25) is 0 Å². The molecular weight excluding hydrogens is 394 g/mol. The van der Waals surface area contributed by atoms with Gasteiger partial charge in [0.25, 0.3) is 0 Å². The molecule has 0 atom stereocenters. The van der Waals surface area contributed by atoms with Gasteiger partial charge in [-0.3, -0.25) is 0 Å². The van der Waals surface area contributed by atoms with E-state index in [0.29, 0.717) is 0 Å². The lowest BCUT2D eigenvalue weighted by molar-refractivity contribution is 0.415. The van der Waals surface area contributed by atoms with E-state index in [-0.39, 0.29) is 0 Å². The molecule has 3 heterocycles. The Labute approximate surface area is 179 Å². The summed E-state index contributed by atoms with van der Waals surface area (Å²) in [6, 6.07) is 12.4. The molecule has 0 saturated carbocycles. The van der Waals surface area contributed by atoms with E-state index in [1.54, 1.807) is 25.6 Å². The van der Waals surface area contributed by atoms with Crippen molar-refractivity contribution in [3.05, 3.63) is 53.7 Å². The van der Waals surface area contributed by atoms with E-state index in [9.17, 15) is 0 Å². The van der Waals surface area contributed by atoms with Gasteiger partial charge in [0, 0.05) is 64.8 Å². The summed E-state index contributed by atoms with van der Waals surface area (Å²) < 4.78 is 15.2. The van der Waals surface area contributed by atoms with Crippen molar-refractivity contribution in [3.63, 3.8) is 0 Å². The molecule has 0 bridgehead atoms. The Morgan fingerprint density at radius 3 is 2.40 bits per heavy atom. The van der Waals surface area contributed by atoms with Crippen molar-refractivity contribution in [2.45, 2.75) is 6.92 Å². The lowest BCUT2D eigenvalue weighted by Crippen LogP contribution is -1.90. The van der Waals surface area contributed by atoms with E-state index in [4.69, 9.17) is 14.5 Å². The van der Waals surface area contributed by atoms with Crippen molar-refractivity contribution >= 4 is 33.1 Å². The Morgan fingerprint density at radius 2 is 1.63 bits per heavy atom. The zero-order valence-corrected chi connectivity index (χ0v) is 18.5. The highest BCUT2D eigenvalue weighted by Crippen LogP contribution is 2.40. The van der Waals surface area contributed by atoms with Crippen molar-refractivity contribution in [1.82, 2.24) is 14.1 Å². The molecule has 5 nitrogen and oxygen atoms in total. The second-order valence-corrected chi connectivity index (χ2v) is 8.34. The van der Waals surface area contributed by atoms with Crippen LogP contribution in [-0.2, 0) is 14.1 Å². The van der Waals surface area contributed by atoms with Gasteiger partial charge in [0.1, 0.15) is 16.5 Å². The standard InChI is InChI=1S/C24H23N3O2S/c1-14-23(18-10-15(28-4)7-9-21(18)27(14)3)20-13-30-24(25-20)19-12-26(2)22-11-16(29-5)6-8-17(19)22/h6-13H,1-5H3. The summed E-state index contributed by atoms with van der Waals surface area (Å²) in [6.45, 7) is 2.14. The Bertz CT molecular complexity index is 1410. The third kappa shape index (κ3) is 2.71. The molecule has 2 aromatic carbocycles. The highest BCUT2D eigenvalue weighted by atomic mass is 32.1. The van der Waals surface area contributed by atoms with Crippen LogP contribution in [0.15, 0.2) is 48.0 Å². The molecule has 30 heavy (non-hydrogen) atoms. The fraction of sp³-hybridized carbons (Fsp3) is 0.208. The predicted octanol–water partition coefficient (Wildman–Crippen LogP) is 5.79. The maximum atomic E-state index is 5.47. The van der Waals surface area contributed by atoms with Gasteiger partial charge in [0.05, 0.1) is 25.4 Å². The molecule has 3 aromatic heterocycles. The van der Waals surface area contributed by atoms with E-state index in [0.717, 1.165) is 44.2 Å². The van der Waals surface area contributed by atoms with E-state index in [1.807, 2.05) is 12.1 Å². The van der Waals surface area contributed by atoms with Gasteiger partial charge in [0.15, 0.2) is 0 Å². The lowest BCUT2D eigenvalue weighted by Gasteiger charge is -2.01. The van der Waals surface area contributed by atoms with Crippen LogP contribution in [0.5, 0.6) is 11.5 Å². The minimum atomic E-state index is 0.854. The topological polar surface area (TPSA) is 41.2 Å². The molecular formula is C24H23N3O2S. The molecule has 5 aromatic rings. The fourth-order valence-corrected chi connectivity index (χ4v) is 5.01. The Kier molecular flexibility index (Phi) is 4.33. The van der Waals surface area contributed by atoms with Crippen LogP contribution in [0.25, 0.3) is 43.6 Å². The summed E-state index contributed by atoms with van der Waals surface area (Å²) in [5.41, 5.74) is 6.80. The third-order valence-corrected chi connectivity index (χ3v) is 6.76. The molecule has 0 N–H and O–H groups in total. The van der Waals surface area contributed by atoms with Crippen LogP contribution in [0.4, 0.5) is 0 Å². The second kappa shape index (κ2) is 6.92. The molecule has 0 aliphatic heterocycles. The Hall–Kier alpha value is -3.25. The largest absolute Gasteiger partial charge is 0.497 e. The minimum absolute atomic E-state index is 0.854. The molecule has 0 amide bonds. The quantitative estimate of drug-likeness (QED) is 0.372. The molecule has 0 saturated heterocycles. The number of hydrogen-bond donors (Lipinski definition) is 0. The van der Waals surface area contributed by atoms with Crippen LogP contribution < -0.4 is 9.47 Å². The summed E-state index contributed by atoms with van der Waals surface area (Å²) in [7, 11) is 7.55. The van der Waals surface area contributed by atoms with Crippen LogP contribution in [0.1, 0.15) is 5.69 Å². The maximum absolute atomic E-state index is 5.47. The summed E-state index contributed by atoms with van der Waals surface area (Å²) in [5.74, 6) is 1.71. The molecule has 5 rings (SSSR count).